The fourth-order valence-corrected chi connectivity index (χ4v) is 1.43. The van der Waals surface area contributed by atoms with Gasteiger partial charge in [-0.15, -0.1) is 0 Å². The zero-order chi connectivity index (χ0) is 10.1. The van der Waals surface area contributed by atoms with Crippen LogP contribution in [-0.2, 0) is 4.79 Å². The van der Waals surface area contributed by atoms with Gasteiger partial charge < -0.3 is 4.74 Å². The van der Waals surface area contributed by atoms with Crippen molar-refractivity contribution in [2.75, 3.05) is 0 Å². The summed E-state index contributed by atoms with van der Waals surface area (Å²) in [6.07, 6.45) is 2.26. The van der Waals surface area contributed by atoms with Crippen molar-refractivity contribution in [1.82, 2.24) is 0 Å². The first-order valence-electron chi connectivity index (χ1n) is 4.64. The normalized spacial score (nSPS) is 15.3. The van der Waals surface area contributed by atoms with Crippen LogP contribution in [0.5, 0.6) is 5.75 Å². The van der Waals surface area contributed by atoms with E-state index in [0.717, 1.165) is 18.4 Å². The van der Waals surface area contributed by atoms with Crippen LogP contribution in [0.1, 0.15) is 31.2 Å². The maximum absolute atomic E-state index is 13.3. The molecule has 0 spiro atoms. The lowest BCUT2D eigenvalue weighted by Crippen LogP contribution is -2.03. The molecule has 0 amide bonds. The Bertz CT molecular complexity index is 370. The van der Waals surface area contributed by atoms with E-state index in [1.165, 1.54) is 19.1 Å². The number of esters is 1. The second-order valence-electron chi connectivity index (χ2n) is 3.56. The number of halogens is 1. The zero-order valence-electron chi connectivity index (χ0n) is 7.92. The summed E-state index contributed by atoms with van der Waals surface area (Å²) in [5.41, 5.74) is 0.999. The van der Waals surface area contributed by atoms with Crippen LogP contribution < -0.4 is 4.74 Å². The van der Waals surface area contributed by atoms with Gasteiger partial charge in [0.25, 0.3) is 0 Å². The Kier molecular flexibility index (Phi) is 2.23. The lowest BCUT2D eigenvalue weighted by molar-refractivity contribution is -0.132. The first kappa shape index (κ1) is 9.19. The van der Waals surface area contributed by atoms with Crippen LogP contribution in [0.15, 0.2) is 18.2 Å². The third-order valence-corrected chi connectivity index (χ3v) is 2.26. The molecule has 0 unspecified atom stereocenters. The fraction of sp³-hybridized carbons (Fsp3) is 0.364. The third kappa shape index (κ3) is 1.92. The van der Waals surface area contributed by atoms with E-state index >= 15 is 0 Å². The minimum absolute atomic E-state index is 0.0156. The molecule has 0 aliphatic heterocycles. The highest BCUT2D eigenvalue weighted by Gasteiger charge is 2.24. The molecule has 1 aliphatic carbocycles. The Labute approximate surface area is 81.7 Å². The molecular weight excluding hydrogens is 183 g/mol. The smallest absolute Gasteiger partial charge is 0.308 e. The summed E-state index contributed by atoms with van der Waals surface area (Å²) in [7, 11) is 0. The minimum Gasteiger partial charge on any atom is -0.424 e. The number of carbonyl (C=O) groups is 1. The van der Waals surface area contributed by atoms with Gasteiger partial charge in [0.15, 0.2) is 11.6 Å². The van der Waals surface area contributed by atoms with E-state index in [1.54, 1.807) is 0 Å². The van der Waals surface area contributed by atoms with Crippen molar-refractivity contribution in [2.45, 2.75) is 25.7 Å². The number of benzene rings is 1. The molecule has 1 aliphatic rings. The van der Waals surface area contributed by atoms with Crippen molar-refractivity contribution in [3.05, 3.63) is 29.6 Å². The van der Waals surface area contributed by atoms with Crippen molar-refractivity contribution < 1.29 is 13.9 Å². The van der Waals surface area contributed by atoms with E-state index in [0.29, 0.717) is 5.92 Å². The first-order valence-corrected chi connectivity index (χ1v) is 4.64. The predicted molar refractivity (Wildman–Crippen MR) is 49.7 cm³/mol. The second-order valence-corrected chi connectivity index (χ2v) is 3.56. The molecule has 1 aromatic rings. The molecule has 3 heteroatoms. The van der Waals surface area contributed by atoms with Gasteiger partial charge in [0.2, 0.25) is 0 Å². The summed E-state index contributed by atoms with van der Waals surface area (Å²) in [5.74, 6) is -0.426. The van der Waals surface area contributed by atoms with E-state index in [-0.39, 0.29) is 5.75 Å². The van der Waals surface area contributed by atoms with E-state index in [9.17, 15) is 9.18 Å². The number of ether oxygens (including phenoxy) is 1. The minimum atomic E-state index is -0.497. The van der Waals surface area contributed by atoms with Crippen LogP contribution in [0.4, 0.5) is 4.39 Å². The Morgan fingerprint density at radius 1 is 1.50 bits per heavy atom. The van der Waals surface area contributed by atoms with Crippen molar-refractivity contribution in [1.29, 1.82) is 0 Å². The van der Waals surface area contributed by atoms with Gasteiger partial charge in [-0.2, -0.15) is 0 Å². The van der Waals surface area contributed by atoms with Crippen LogP contribution >= 0.6 is 0 Å². The fourth-order valence-electron chi connectivity index (χ4n) is 1.43. The van der Waals surface area contributed by atoms with Crippen LogP contribution in [0, 0.1) is 5.82 Å². The summed E-state index contributed by atoms with van der Waals surface area (Å²) in [5, 5.41) is 0. The third-order valence-electron chi connectivity index (χ3n) is 2.26. The van der Waals surface area contributed by atoms with Crippen molar-refractivity contribution >= 4 is 5.97 Å². The van der Waals surface area contributed by atoms with E-state index in [4.69, 9.17) is 0 Å². The Balaban J connectivity index is 2.21. The Morgan fingerprint density at radius 3 is 2.71 bits per heavy atom. The number of hydrogen-bond acceptors (Lipinski definition) is 2. The summed E-state index contributed by atoms with van der Waals surface area (Å²) in [4.78, 5) is 10.6. The lowest BCUT2D eigenvalue weighted by atomic mass is 10.1. The van der Waals surface area contributed by atoms with Gasteiger partial charge in [-0.3, -0.25) is 4.79 Å². The zero-order valence-corrected chi connectivity index (χ0v) is 7.92. The van der Waals surface area contributed by atoms with Gasteiger partial charge in [-0.1, -0.05) is 6.07 Å². The predicted octanol–water partition coefficient (Wildman–Crippen LogP) is 2.63. The highest BCUT2D eigenvalue weighted by atomic mass is 19.1. The monoisotopic (exact) mass is 194 g/mol. The van der Waals surface area contributed by atoms with Crippen molar-refractivity contribution in [2.24, 2.45) is 0 Å². The van der Waals surface area contributed by atoms with Crippen LogP contribution in [0.25, 0.3) is 0 Å². The highest BCUT2D eigenvalue weighted by Crippen LogP contribution is 2.40. The van der Waals surface area contributed by atoms with Gasteiger partial charge >= 0.3 is 5.97 Å². The van der Waals surface area contributed by atoms with E-state index in [1.807, 2.05) is 6.07 Å². The topological polar surface area (TPSA) is 26.3 Å². The molecule has 2 nitrogen and oxygen atoms in total. The molecule has 74 valence electrons. The van der Waals surface area contributed by atoms with E-state index in [2.05, 4.69) is 4.74 Å². The van der Waals surface area contributed by atoms with Gasteiger partial charge in [0.1, 0.15) is 0 Å². The van der Waals surface area contributed by atoms with E-state index < -0.39 is 11.8 Å². The standard InChI is InChI=1S/C11H11FO2/c1-7(13)14-11-5-4-9(6-10(11)12)8-2-3-8/h4-6,8H,2-3H2,1H3. The molecular formula is C11H11FO2. The average molecular weight is 194 g/mol. The van der Waals surface area contributed by atoms with Crippen molar-refractivity contribution in [3.63, 3.8) is 0 Å². The largest absolute Gasteiger partial charge is 0.424 e. The molecule has 0 aromatic heterocycles. The molecule has 0 atom stereocenters. The van der Waals surface area contributed by atoms with Crippen LogP contribution in [0.3, 0.4) is 0 Å². The lowest BCUT2D eigenvalue weighted by Gasteiger charge is -2.04. The van der Waals surface area contributed by atoms with Gasteiger partial charge in [-0.05, 0) is 36.5 Å². The molecule has 0 saturated heterocycles. The van der Waals surface area contributed by atoms with Crippen LogP contribution in [0.2, 0.25) is 0 Å². The van der Waals surface area contributed by atoms with Crippen molar-refractivity contribution in [3.8, 4) is 5.75 Å². The number of carbonyl (C=O) groups excluding carboxylic acids is 1. The summed E-state index contributed by atoms with van der Waals surface area (Å²) in [6.45, 7) is 1.26. The quantitative estimate of drug-likeness (QED) is 0.534. The SMILES string of the molecule is CC(=O)Oc1ccc(C2CC2)cc1F. The number of hydrogen-bond donors (Lipinski definition) is 0. The molecule has 14 heavy (non-hydrogen) atoms. The average Bonchev–Trinajstić information content (AvgIpc) is 2.90. The summed E-state index contributed by atoms with van der Waals surface area (Å²) in [6, 6.07) is 4.79. The molecule has 0 radical (unpaired) electrons. The highest BCUT2D eigenvalue weighted by molar-refractivity contribution is 5.69. The Hall–Kier alpha value is -1.38. The molecule has 0 bridgehead atoms. The maximum Gasteiger partial charge on any atom is 0.308 e. The molecule has 1 saturated carbocycles. The van der Waals surface area contributed by atoms with Gasteiger partial charge in [-0.25, -0.2) is 4.39 Å². The summed E-state index contributed by atoms with van der Waals surface area (Å²) < 4.78 is 18.0. The summed E-state index contributed by atoms with van der Waals surface area (Å²) >= 11 is 0. The number of rotatable bonds is 2. The van der Waals surface area contributed by atoms with Gasteiger partial charge in [0.05, 0.1) is 0 Å². The molecule has 1 aromatic carbocycles. The molecule has 0 N–H and O–H groups in total. The Morgan fingerprint density at radius 2 is 2.21 bits per heavy atom. The second kappa shape index (κ2) is 3.40. The van der Waals surface area contributed by atoms with Crippen LogP contribution in [-0.4, -0.2) is 5.97 Å². The molecule has 2 rings (SSSR count). The maximum atomic E-state index is 13.3. The van der Waals surface area contributed by atoms with Gasteiger partial charge in [0, 0.05) is 6.92 Å². The first-order chi connectivity index (χ1) is 6.66. The molecule has 1 fully saturated rings. The molecule has 0 heterocycles.